The highest BCUT2D eigenvalue weighted by molar-refractivity contribution is 4.90. The van der Waals surface area contributed by atoms with E-state index in [9.17, 15) is 8.78 Å². The van der Waals surface area contributed by atoms with E-state index in [0.717, 1.165) is 0 Å². The Balaban J connectivity index is 3.51. The predicted molar refractivity (Wildman–Crippen MR) is 25.4 cm³/mol. The average Bonchev–Trinajstić information content (AvgIpc) is 1.65. The molecule has 3 N–H and O–H groups in total. The summed E-state index contributed by atoms with van der Waals surface area (Å²) < 4.78 is 22.3. The van der Waals surface area contributed by atoms with Crippen LogP contribution in [0.2, 0.25) is 0 Å². The van der Waals surface area contributed by atoms with Crippen molar-refractivity contribution >= 4 is 0 Å². The first-order valence-corrected chi connectivity index (χ1v) is 2.06. The molecule has 0 fully saturated rings. The SMILES string of the molecule is NC(C=C(F)F)CO. The molecule has 4 heteroatoms. The normalized spacial score (nSPS) is 13.0. The molecule has 0 aliphatic carbocycles. The quantitative estimate of drug-likeness (QED) is 0.546. The second kappa shape index (κ2) is 3.51. The van der Waals surface area contributed by atoms with Crippen LogP contribution < -0.4 is 5.73 Å². The minimum atomic E-state index is -1.86. The number of hydrogen-bond donors (Lipinski definition) is 2. The van der Waals surface area contributed by atoms with E-state index in [-0.39, 0.29) is 0 Å². The lowest BCUT2D eigenvalue weighted by molar-refractivity contribution is 0.279. The molecule has 0 spiro atoms. The Morgan fingerprint density at radius 1 is 1.75 bits per heavy atom. The van der Waals surface area contributed by atoms with Gasteiger partial charge in [-0.2, -0.15) is 8.78 Å². The van der Waals surface area contributed by atoms with Gasteiger partial charge in [-0.25, -0.2) is 0 Å². The van der Waals surface area contributed by atoms with Crippen LogP contribution in [0.25, 0.3) is 0 Å². The van der Waals surface area contributed by atoms with E-state index in [0.29, 0.717) is 6.08 Å². The number of nitrogens with two attached hydrogens (primary N) is 1. The summed E-state index contributed by atoms with van der Waals surface area (Å²) in [7, 11) is 0. The number of aliphatic hydroxyl groups is 1. The minimum absolute atomic E-state index is 0.447. The second-order valence-corrected chi connectivity index (χ2v) is 1.30. The lowest BCUT2D eigenvalue weighted by Crippen LogP contribution is -2.21. The van der Waals surface area contributed by atoms with Gasteiger partial charge in [0.2, 0.25) is 0 Å². The molecule has 1 unspecified atom stereocenters. The molecule has 1 atom stereocenters. The van der Waals surface area contributed by atoms with Gasteiger partial charge in [0.1, 0.15) is 0 Å². The van der Waals surface area contributed by atoms with Gasteiger partial charge in [-0.05, 0) is 0 Å². The van der Waals surface area contributed by atoms with E-state index in [1.54, 1.807) is 0 Å². The highest BCUT2D eigenvalue weighted by Gasteiger charge is 1.96. The fourth-order valence-electron chi connectivity index (χ4n) is 0.215. The summed E-state index contributed by atoms with van der Waals surface area (Å²) >= 11 is 0. The summed E-state index contributed by atoms with van der Waals surface area (Å²) in [6.07, 6.45) is -1.36. The lowest BCUT2D eigenvalue weighted by Gasteiger charge is -1.95. The van der Waals surface area contributed by atoms with Crippen LogP contribution >= 0.6 is 0 Å². The van der Waals surface area contributed by atoms with Crippen molar-refractivity contribution in [2.45, 2.75) is 6.04 Å². The molecule has 0 saturated carbocycles. The van der Waals surface area contributed by atoms with Crippen molar-refractivity contribution < 1.29 is 13.9 Å². The molecule has 0 amide bonds. The van der Waals surface area contributed by atoms with E-state index in [2.05, 4.69) is 0 Å². The van der Waals surface area contributed by atoms with Crippen LogP contribution in [0.4, 0.5) is 8.78 Å². The largest absolute Gasteiger partial charge is 0.394 e. The lowest BCUT2D eigenvalue weighted by atomic mass is 10.3. The van der Waals surface area contributed by atoms with E-state index in [4.69, 9.17) is 10.8 Å². The number of hydrogen-bond acceptors (Lipinski definition) is 2. The second-order valence-electron chi connectivity index (χ2n) is 1.30. The molecular formula is C4H7F2NO. The summed E-state index contributed by atoms with van der Waals surface area (Å²) in [5.41, 5.74) is 4.87. The third kappa shape index (κ3) is 3.70. The Kier molecular flexibility index (Phi) is 3.30. The van der Waals surface area contributed by atoms with Gasteiger partial charge in [0.15, 0.2) is 0 Å². The maximum Gasteiger partial charge on any atom is 0.267 e. The van der Waals surface area contributed by atoms with Crippen molar-refractivity contribution in [3.8, 4) is 0 Å². The zero-order valence-corrected chi connectivity index (χ0v) is 4.14. The monoisotopic (exact) mass is 123 g/mol. The Hall–Kier alpha value is -0.480. The number of halogens is 2. The summed E-state index contributed by atoms with van der Waals surface area (Å²) in [6, 6.07) is -0.931. The summed E-state index contributed by atoms with van der Waals surface area (Å²) in [4.78, 5) is 0. The van der Waals surface area contributed by atoms with E-state index in [1.165, 1.54) is 0 Å². The summed E-state index contributed by atoms with van der Waals surface area (Å²) in [5, 5.41) is 8.08. The van der Waals surface area contributed by atoms with Crippen molar-refractivity contribution in [1.82, 2.24) is 0 Å². The van der Waals surface area contributed by atoms with Gasteiger partial charge in [0.05, 0.1) is 12.6 Å². The van der Waals surface area contributed by atoms with Crippen LogP contribution in [0.1, 0.15) is 0 Å². The molecule has 0 rings (SSSR count). The van der Waals surface area contributed by atoms with E-state index < -0.39 is 18.7 Å². The third-order valence-corrected chi connectivity index (χ3v) is 0.551. The van der Waals surface area contributed by atoms with Crippen LogP contribution in [0.3, 0.4) is 0 Å². The van der Waals surface area contributed by atoms with Crippen molar-refractivity contribution in [1.29, 1.82) is 0 Å². The number of rotatable bonds is 2. The van der Waals surface area contributed by atoms with Gasteiger partial charge in [0, 0.05) is 6.08 Å². The smallest absolute Gasteiger partial charge is 0.267 e. The standard InChI is InChI=1S/C4H7F2NO/c5-4(6)1-3(7)2-8/h1,3,8H,2,7H2. The molecule has 0 aromatic heterocycles. The molecule has 0 aromatic carbocycles. The van der Waals surface area contributed by atoms with E-state index in [1.807, 2.05) is 0 Å². The first-order valence-electron chi connectivity index (χ1n) is 2.06. The molecule has 8 heavy (non-hydrogen) atoms. The predicted octanol–water partition coefficient (Wildman–Crippen LogP) is 0.0864. The Morgan fingerprint density at radius 2 is 2.25 bits per heavy atom. The molecular weight excluding hydrogens is 116 g/mol. The fraction of sp³-hybridized carbons (Fsp3) is 0.500. The zero-order valence-electron chi connectivity index (χ0n) is 4.14. The maximum absolute atomic E-state index is 11.1. The minimum Gasteiger partial charge on any atom is -0.394 e. The maximum atomic E-state index is 11.1. The van der Waals surface area contributed by atoms with Gasteiger partial charge in [-0.1, -0.05) is 0 Å². The molecule has 0 aromatic rings. The highest BCUT2D eigenvalue weighted by atomic mass is 19.3. The van der Waals surface area contributed by atoms with E-state index >= 15 is 0 Å². The topological polar surface area (TPSA) is 46.2 Å². The van der Waals surface area contributed by atoms with Crippen molar-refractivity contribution in [2.75, 3.05) is 6.61 Å². The molecule has 0 heterocycles. The van der Waals surface area contributed by atoms with Crippen LogP contribution in [0, 0.1) is 0 Å². The van der Waals surface area contributed by atoms with Crippen molar-refractivity contribution in [2.24, 2.45) is 5.73 Å². The first-order chi connectivity index (χ1) is 3.66. The molecule has 2 nitrogen and oxygen atoms in total. The summed E-state index contributed by atoms with van der Waals surface area (Å²) in [6.45, 7) is -0.447. The van der Waals surface area contributed by atoms with Crippen molar-refractivity contribution in [3.05, 3.63) is 12.2 Å². The van der Waals surface area contributed by atoms with Crippen LogP contribution in [-0.4, -0.2) is 17.8 Å². The van der Waals surface area contributed by atoms with Crippen LogP contribution in [0.15, 0.2) is 12.2 Å². The van der Waals surface area contributed by atoms with Gasteiger partial charge in [-0.3, -0.25) is 0 Å². The highest BCUT2D eigenvalue weighted by Crippen LogP contribution is 1.96. The van der Waals surface area contributed by atoms with Gasteiger partial charge >= 0.3 is 0 Å². The molecule has 0 aliphatic heterocycles. The first kappa shape index (κ1) is 7.52. The third-order valence-electron chi connectivity index (χ3n) is 0.551. The Labute approximate surface area is 45.6 Å². The van der Waals surface area contributed by atoms with Crippen LogP contribution in [0.5, 0.6) is 0 Å². The van der Waals surface area contributed by atoms with Gasteiger partial charge in [-0.15, -0.1) is 0 Å². The van der Waals surface area contributed by atoms with Gasteiger partial charge in [0.25, 0.3) is 6.08 Å². The zero-order chi connectivity index (χ0) is 6.57. The van der Waals surface area contributed by atoms with Gasteiger partial charge < -0.3 is 10.8 Å². The van der Waals surface area contributed by atoms with Crippen LogP contribution in [-0.2, 0) is 0 Å². The van der Waals surface area contributed by atoms with Crippen molar-refractivity contribution in [3.63, 3.8) is 0 Å². The molecule has 0 bridgehead atoms. The molecule has 0 aliphatic rings. The Morgan fingerprint density at radius 3 is 2.38 bits per heavy atom. The Bertz CT molecular complexity index is 90.0. The average molecular weight is 123 g/mol. The molecule has 0 radical (unpaired) electrons. The molecule has 48 valence electrons. The summed E-state index contributed by atoms with van der Waals surface area (Å²) in [5.74, 6) is 0. The molecule has 0 saturated heterocycles. The fourth-order valence-corrected chi connectivity index (χ4v) is 0.215. The number of aliphatic hydroxyl groups excluding tert-OH is 1.